The van der Waals surface area contributed by atoms with Crippen LogP contribution < -0.4 is 11.5 Å². The number of nitrogens with two attached hydrogens (primary N) is 2. The van der Waals surface area contributed by atoms with Crippen molar-refractivity contribution in [1.82, 2.24) is 0 Å². The average molecular weight is 336 g/mol. The van der Waals surface area contributed by atoms with Gasteiger partial charge in [0.2, 0.25) is 0 Å². The van der Waals surface area contributed by atoms with Gasteiger partial charge in [-0.15, -0.1) is 0 Å². The second-order valence-electron chi connectivity index (χ2n) is 6.27. The Morgan fingerprint density at radius 1 is 0.423 bits per heavy atom. The summed E-state index contributed by atoms with van der Waals surface area (Å²) in [5.41, 5.74) is 20.4. The minimum absolute atomic E-state index is 0.602. The molecule has 0 amide bonds. The van der Waals surface area contributed by atoms with Crippen LogP contribution in [0.25, 0.3) is 33.4 Å². The molecule has 0 aliphatic rings. The van der Waals surface area contributed by atoms with Crippen molar-refractivity contribution in [3.05, 3.63) is 97.1 Å². The summed E-state index contributed by atoms with van der Waals surface area (Å²) < 4.78 is 0. The third kappa shape index (κ3) is 2.82. The molecule has 0 aromatic heterocycles. The summed E-state index contributed by atoms with van der Waals surface area (Å²) in [5.74, 6) is 0. The summed E-state index contributed by atoms with van der Waals surface area (Å²) in [6, 6.07) is 32.9. The molecule has 2 heteroatoms. The number of hydrogen-bond donors (Lipinski definition) is 2. The molecule has 4 rings (SSSR count). The molecule has 0 bridgehead atoms. The highest BCUT2D eigenvalue weighted by atomic mass is 14.7. The molecular weight excluding hydrogens is 316 g/mol. The summed E-state index contributed by atoms with van der Waals surface area (Å²) in [6.45, 7) is 0. The Morgan fingerprint density at radius 3 is 1.62 bits per heavy atom. The first-order chi connectivity index (χ1) is 12.8. The normalized spacial score (nSPS) is 10.6. The fourth-order valence-corrected chi connectivity index (χ4v) is 3.36. The molecule has 0 saturated carbocycles. The predicted octanol–water partition coefficient (Wildman–Crippen LogP) is 5.85. The van der Waals surface area contributed by atoms with Gasteiger partial charge in [-0.3, -0.25) is 0 Å². The van der Waals surface area contributed by atoms with Crippen LogP contribution in [0.4, 0.5) is 11.4 Å². The smallest absolute Gasteiger partial charge is 0.0633 e. The van der Waals surface area contributed by atoms with E-state index in [1.165, 1.54) is 11.1 Å². The zero-order valence-corrected chi connectivity index (χ0v) is 14.4. The molecule has 0 saturated heterocycles. The van der Waals surface area contributed by atoms with E-state index in [9.17, 15) is 0 Å². The minimum Gasteiger partial charge on any atom is -0.397 e. The lowest BCUT2D eigenvalue weighted by molar-refractivity contribution is 1.56. The molecule has 0 aliphatic heterocycles. The van der Waals surface area contributed by atoms with Crippen molar-refractivity contribution in [1.29, 1.82) is 0 Å². The molecule has 0 fully saturated rings. The lowest BCUT2D eigenvalue weighted by Gasteiger charge is -2.18. The first-order valence-electron chi connectivity index (χ1n) is 8.64. The van der Waals surface area contributed by atoms with E-state index in [2.05, 4.69) is 66.7 Å². The van der Waals surface area contributed by atoms with Crippen LogP contribution in [0.3, 0.4) is 0 Å². The van der Waals surface area contributed by atoms with Crippen LogP contribution in [-0.2, 0) is 0 Å². The Balaban J connectivity index is 2.01. The Kier molecular flexibility index (Phi) is 4.16. The highest BCUT2D eigenvalue weighted by Crippen LogP contribution is 2.42. The predicted molar refractivity (Wildman–Crippen MR) is 112 cm³/mol. The highest BCUT2D eigenvalue weighted by molar-refractivity contribution is 5.99. The third-order valence-electron chi connectivity index (χ3n) is 4.64. The van der Waals surface area contributed by atoms with Crippen molar-refractivity contribution in [2.75, 3.05) is 11.5 Å². The van der Waals surface area contributed by atoms with E-state index in [1.54, 1.807) is 0 Å². The van der Waals surface area contributed by atoms with Crippen LogP contribution in [-0.4, -0.2) is 0 Å². The van der Waals surface area contributed by atoms with Crippen molar-refractivity contribution in [3.8, 4) is 33.4 Å². The highest BCUT2D eigenvalue weighted by Gasteiger charge is 2.16. The van der Waals surface area contributed by atoms with Crippen LogP contribution >= 0.6 is 0 Å². The Hall–Kier alpha value is -3.52. The van der Waals surface area contributed by atoms with Crippen molar-refractivity contribution < 1.29 is 0 Å². The molecule has 26 heavy (non-hydrogen) atoms. The van der Waals surface area contributed by atoms with Gasteiger partial charge in [0.1, 0.15) is 0 Å². The second kappa shape index (κ2) is 6.77. The molecular formula is C24H20N2. The van der Waals surface area contributed by atoms with Gasteiger partial charge in [-0.1, -0.05) is 91.0 Å². The Bertz CT molecular complexity index is 1040. The van der Waals surface area contributed by atoms with Gasteiger partial charge in [-0.05, 0) is 33.9 Å². The molecule has 0 unspecified atom stereocenters. The molecule has 0 heterocycles. The van der Waals surface area contributed by atoms with Crippen LogP contribution in [0.1, 0.15) is 0 Å². The number of anilines is 2. The topological polar surface area (TPSA) is 52.0 Å². The van der Waals surface area contributed by atoms with Crippen molar-refractivity contribution >= 4 is 11.4 Å². The van der Waals surface area contributed by atoms with E-state index in [0.29, 0.717) is 11.4 Å². The van der Waals surface area contributed by atoms with E-state index in [4.69, 9.17) is 11.5 Å². The SMILES string of the molecule is Nc1ccc(-c2ccccc2-c2ccccc2)c(-c2ccccc2)c1N. The fourth-order valence-electron chi connectivity index (χ4n) is 3.36. The van der Waals surface area contributed by atoms with Gasteiger partial charge < -0.3 is 11.5 Å². The van der Waals surface area contributed by atoms with Gasteiger partial charge in [0.05, 0.1) is 11.4 Å². The van der Waals surface area contributed by atoms with E-state index >= 15 is 0 Å². The zero-order valence-electron chi connectivity index (χ0n) is 14.4. The monoisotopic (exact) mass is 336 g/mol. The standard InChI is InChI=1S/C24H20N2/c25-22-16-15-21(23(24(22)26)18-11-5-2-6-12-18)20-14-8-7-13-19(20)17-9-3-1-4-10-17/h1-16H,25-26H2. The summed E-state index contributed by atoms with van der Waals surface area (Å²) in [6.07, 6.45) is 0. The molecule has 0 spiro atoms. The van der Waals surface area contributed by atoms with Crippen LogP contribution in [0, 0.1) is 0 Å². The summed E-state index contributed by atoms with van der Waals surface area (Å²) >= 11 is 0. The molecule has 0 atom stereocenters. The number of benzene rings is 4. The first-order valence-corrected chi connectivity index (χ1v) is 8.64. The third-order valence-corrected chi connectivity index (χ3v) is 4.64. The Morgan fingerprint density at radius 2 is 0.962 bits per heavy atom. The fraction of sp³-hybridized carbons (Fsp3) is 0. The molecule has 0 aliphatic carbocycles. The molecule has 126 valence electrons. The molecule has 4 aromatic carbocycles. The quantitative estimate of drug-likeness (QED) is 0.461. The maximum absolute atomic E-state index is 6.42. The summed E-state index contributed by atoms with van der Waals surface area (Å²) in [7, 11) is 0. The van der Waals surface area contributed by atoms with Crippen LogP contribution in [0.2, 0.25) is 0 Å². The first kappa shape index (κ1) is 16.0. The van der Waals surface area contributed by atoms with E-state index in [-0.39, 0.29) is 0 Å². The van der Waals surface area contributed by atoms with E-state index in [0.717, 1.165) is 22.3 Å². The summed E-state index contributed by atoms with van der Waals surface area (Å²) in [4.78, 5) is 0. The van der Waals surface area contributed by atoms with Crippen molar-refractivity contribution in [3.63, 3.8) is 0 Å². The molecule has 4 aromatic rings. The zero-order chi connectivity index (χ0) is 17.9. The van der Waals surface area contributed by atoms with Crippen LogP contribution in [0.5, 0.6) is 0 Å². The van der Waals surface area contributed by atoms with Crippen molar-refractivity contribution in [2.45, 2.75) is 0 Å². The molecule has 0 radical (unpaired) electrons. The van der Waals surface area contributed by atoms with Crippen molar-refractivity contribution in [2.24, 2.45) is 0 Å². The maximum atomic E-state index is 6.42. The molecule has 4 N–H and O–H groups in total. The summed E-state index contributed by atoms with van der Waals surface area (Å²) in [5, 5.41) is 0. The number of nitrogen functional groups attached to an aromatic ring is 2. The maximum Gasteiger partial charge on any atom is 0.0633 e. The van der Waals surface area contributed by atoms with Gasteiger partial charge in [-0.25, -0.2) is 0 Å². The lowest BCUT2D eigenvalue weighted by atomic mass is 9.88. The second-order valence-corrected chi connectivity index (χ2v) is 6.27. The van der Waals surface area contributed by atoms with Gasteiger partial charge in [0, 0.05) is 5.56 Å². The minimum atomic E-state index is 0.602. The largest absolute Gasteiger partial charge is 0.397 e. The Labute approximate surface area is 153 Å². The van der Waals surface area contributed by atoms with Gasteiger partial charge in [-0.2, -0.15) is 0 Å². The number of hydrogen-bond acceptors (Lipinski definition) is 2. The van der Waals surface area contributed by atoms with E-state index in [1.807, 2.05) is 30.3 Å². The molecule has 2 nitrogen and oxygen atoms in total. The van der Waals surface area contributed by atoms with Gasteiger partial charge in [0.25, 0.3) is 0 Å². The van der Waals surface area contributed by atoms with E-state index < -0.39 is 0 Å². The number of rotatable bonds is 3. The average Bonchev–Trinajstić information content (AvgIpc) is 2.71. The van der Waals surface area contributed by atoms with Gasteiger partial charge in [0.15, 0.2) is 0 Å². The lowest BCUT2D eigenvalue weighted by Crippen LogP contribution is -2.00. The van der Waals surface area contributed by atoms with Crippen LogP contribution in [0.15, 0.2) is 97.1 Å². The van der Waals surface area contributed by atoms with Gasteiger partial charge >= 0.3 is 0 Å².